The van der Waals surface area contributed by atoms with Gasteiger partial charge in [-0.2, -0.15) is 5.26 Å². The van der Waals surface area contributed by atoms with Gasteiger partial charge >= 0.3 is 0 Å². The molecule has 0 bridgehead atoms. The maximum absolute atomic E-state index is 14.2. The highest BCUT2D eigenvalue weighted by Crippen LogP contribution is 2.35. The summed E-state index contributed by atoms with van der Waals surface area (Å²) in [5.41, 5.74) is 3.41. The lowest BCUT2D eigenvalue weighted by atomic mass is 10.0. The lowest BCUT2D eigenvalue weighted by Crippen LogP contribution is -2.34. The van der Waals surface area contributed by atoms with Crippen LogP contribution in [0.5, 0.6) is 0 Å². The van der Waals surface area contributed by atoms with Gasteiger partial charge in [0.2, 0.25) is 0 Å². The summed E-state index contributed by atoms with van der Waals surface area (Å²) in [7, 11) is 0. The fourth-order valence-electron chi connectivity index (χ4n) is 5.43. The summed E-state index contributed by atoms with van der Waals surface area (Å²) in [5, 5.41) is 12.0. The van der Waals surface area contributed by atoms with Crippen molar-refractivity contribution in [2.45, 2.75) is 12.8 Å². The number of hydrogen-bond acceptors (Lipinski definition) is 4. The van der Waals surface area contributed by atoms with Gasteiger partial charge in [0.1, 0.15) is 5.82 Å². The van der Waals surface area contributed by atoms with E-state index in [0.717, 1.165) is 31.6 Å². The molecule has 3 aromatic carbocycles. The summed E-state index contributed by atoms with van der Waals surface area (Å²) in [6.45, 7) is 3.46. The quantitative estimate of drug-likeness (QED) is 0.440. The summed E-state index contributed by atoms with van der Waals surface area (Å²) < 4.78 is 14.2. The maximum Gasteiger partial charge on any atom is 0.258 e. The zero-order chi connectivity index (χ0) is 26.6. The predicted octanol–water partition coefficient (Wildman–Crippen LogP) is 4.92. The van der Waals surface area contributed by atoms with Crippen LogP contribution in [0.1, 0.15) is 38.3 Å². The molecule has 0 radical (unpaired) electrons. The predicted molar refractivity (Wildman–Crippen MR) is 145 cm³/mol. The van der Waals surface area contributed by atoms with E-state index >= 15 is 0 Å². The average molecular weight is 531 g/mol. The molecule has 2 amide bonds. The summed E-state index contributed by atoms with van der Waals surface area (Å²) in [6.07, 6.45) is 1.65. The highest BCUT2D eigenvalue weighted by Gasteiger charge is 2.42. The van der Waals surface area contributed by atoms with E-state index in [2.05, 4.69) is 34.5 Å². The second-order valence-corrected chi connectivity index (χ2v) is 10.4. The smallest absolute Gasteiger partial charge is 0.258 e. The normalized spacial score (nSPS) is 18.2. The van der Waals surface area contributed by atoms with Crippen LogP contribution < -0.4 is 10.2 Å². The van der Waals surface area contributed by atoms with Crippen molar-refractivity contribution in [3.8, 4) is 6.07 Å². The Bertz CT molecular complexity index is 1350. The van der Waals surface area contributed by atoms with Crippen molar-refractivity contribution < 1.29 is 14.0 Å². The fraction of sp³-hybridized carbons (Fsp3) is 0.300. The van der Waals surface area contributed by atoms with E-state index in [-0.39, 0.29) is 22.4 Å². The second kappa shape index (κ2) is 11.2. The van der Waals surface area contributed by atoms with Gasteiger partial charge < -0.3 is 15.1 Å². The SMILES string of the molecule is N#Cc1ccc(C(=O)NCCCc2cccc(N3CC4CN(C(=O)c5c(F)cccc5Cl)CC4C3)c2)cc1. The first-order chi connectivity index (χ1) is 18.4. The number of carbonyl (C=O) groups excluding carboxylic acids is 2. The molecule has 2 aliphatic rings. The molecule has 0 spiro atoms. The van der Waals surface area contributed by atoms with Crippen LogP contribution >= 0.6 is 11.6 Å². The molecule has 0 saturated carbocycles. The Kier molecular flexibility index (Phi) is 7.62. The summed E-state index contributed by atoms with van der Waals surface area (Å²) >= 11 is 6.11. The van der Waals surface area contributed by atoms with Crippen molar-refractivity contribution in [3.63, 3.8) is 0 Å². The van der Waals surface area contributed by atoms with Crippen LogP contribution in [0.2, 0.25) is 5.02 Å². The monoisotopic (exact) mass is 530 g/mol. The van der Waals surface area contributed by atoms with Gasteiger partial charge in [-0.25, -0.2) is 4.39 Å². The number of amides is 2. The van der Waals surface area contributed by atoms with E-state index < -0.39 is 5.82 Å². The number of rotatable bonds is 7. The molecular weight excluding hydrogens is 503 g/mol. The van der Waals surface area contributed by atoms with Crippen LogP contribution in [0.15, 0.2) is 66.7 Å². The standard InChI is InChI=1S/C30H28ClFN4O2/c31-26-7-2-8-27(32)28(26)30(38)36-18-23-16-35(17-24(23)19-36)25-6-1-4-20(14-25)5-3-13-34-29(37)22-11-9-21(15-33)10-12-22/h1-2,4,6-12,14,23-24H,3,5,13,16-19H2,(H,34,37). The van der Waals surface area contributed by atoms with Crippen LogP contribution in [0.25, 0.3) is 0 Å². The van der Waals surface area contributed by atoms with Crippen LogP contribution in [0.4, 0.5) is 10.1 Å². The van der Waals surface area contributed by atoms with E-state index in [0.29, 0.717) is 42.6 Å². The number of aryl methyl sites for hydroxylation is 1. The topological polar surface area (TPSA) is 76.4 Å². The number of anilines is 1. The second-order valence-electron chi connectivity index (χ2n) is 9.95. The summed E-state index contributed by atoms with van der Waals surface area (Å²) in [6, 6.07) is 21.4. The first-order valence-corrected chi connectivity index (χ1v) is 13.2. The molecule has 5 rings (SSSR count). The zero-order valence-electron chi connectivity index (χ0n) is 20.9. The molecule has 6 nitrogen and oxygen atoms in total. The fourth-order valence-corrected chi connectivity index (χ4v) is 5.68. The minimum absolute atomic E-state index is 0.0354. The molecule has 2 aliphatic heterocycles. The number of benzene rings is 3. The third kappa shape index (κ3) is 5.51. The molecule has 2 fully saturated rings. The Morgan fingerprint density at radius 3 is 2.39 bits per heavy atom. The first-order valence-electron chi connectivity index (χ1n) is 12.8. The molecular formula is C30H28ClFN4O2. The van der Waals surface area contributed by atoms with Gasteiger partial charge in [0.25, 0.3) is 11.8 Å². The van der Waals surface area contributed by atoms with Gasteiger partial charge in [0.05, 0.1) is 22.2 Å². The zero-order valence-corrected chi connectivity index (χ0v) is 21.6. The molecule has 0 aromatic heterocycles. The van der Waals surface area contributed by atoms with E-state index in [1.165, 1.54) is 17.7 Å². The number of fused-ring (bicyclic) bond motifs is 1. The minimum atomic E-state index is -0.577. The summed E-state index contributed by atoms with van der Waals surface area (Å²) in [5.74, 6) is -0.373. The Hall–Kier alpha value is -3.89. The average Bonchev–Trinajstić information content (AvgIpc) is 3.51. The third-order valence-corrected chi connectivity index (χ3v) is 7.74. The highest BCUT2D eigenvalue weighted by atomic mass is 35.5. The molecule has 2 unspecified atom stereocenters. The number of halogens is 2. The molecule has 8 heteroatoms. The van der Waals surface area contributed by atoms with Crippen molar-refractivity contribution in [1.82, 2.24) is 10.2 Å². The van der Waals surface area contributed by atoms with Crippen molar-refractivity contribution in [2.24, 2.45) is 11.8 Å². The van der Waals surface area contributed by atoms with Crippen LogP contribution in [0.3, 0.4) is 0 Å². The molecule has 194 valence electrons. The van der Waals surface area contributed by atoms with Crippen molar-refractivity contribution in [1.29, 1.82) is 5.26 Å². The number of nitrogens with zero attached hydrogens (tertiary/aromatic N) is 3. The van der Waals surface area contributed by atoms with Crippen LogP contribution in [-0.4, -0.2) is 49.4 Å². The van der Waals surface area contributed by atoms with Gasteiger partial charge in [0.15, 0.2) is 0 Å². The highest BCUT2D eigenvalue weighted by molar-refractivity contribution is 6.33. The number of nitrogens with one attached hydrogen (secondary N) is 1. The Labute approximate surface area is 226 Å². The number of nitriles is 1. The van der Waals surface area contributed by atoms with Crippen LogP contribution in [-0.2, 0) is 6.42 Å². The molecule has 2 heterocycles. The number of carbonyl (C=O) groups is 2. The molecule has 1 N–H and O–H groups in total. The summed E-state index contributed by atoms with van der Waals surface area (Å²) in [4.78, 5) is 29.3. The largest absolute Gasteiger partial charge is 0.371 e. The van der Waals surface area contributed by atoms with Gasteiger partial charge in [-0.1, -0.05) is 29.8 Å². The third-order valence-electron chi connectivity index (χ3n) is 7.43. The maximum atomic E-state index is 14.2. The molecule has 38 heavy (non-hydrogen) atoms. The molecule has 3 aromatic rings. The van der Waals surface area contributed by atoms with E-state index in [1.807, 2.05) is 6.07 Å². The molecule has 0 aliphatic carbocycles. The van der Waals surface area contributed by atoms with Gasteiger partial charge in [-0.3, -0.25) is 9.59 Å². The number of likely N-dealkylation sites (tertiary alicyclic amines) is 1. The van der Waals surface area contributed by atoms with Crippen molar-refractivity contribution in [2.75, 3.05) is 37.6 Å². The first kappa shape index (κ1) is 25.7. The van der Waals surface area contributed by atoms with E-state index in [1.54, 1.807) is 35.2 Å². The van der Waals surface area contributed by atoms with Gasteiger partial charge in [0, 0.05) is 55.8 Å². The molecule has 2 atom stereocenters. The molecule has 2 saturated heterocycles. The van der Waals surface area contributed by atoms with Crippen molar-refractivity contribution >= 4 is 29.1 Å². The van der Waals surface area contributed by atoms with Gasteiger partial charge in [-0.05, 0) is 66.9 Å². The lowest BCUT2D eigenvalue weighted by molar-refractivity contribution is 0.0777. The number of hydrogen-bond donors (Lipinski definition) is 1. The Morgan fingerprint density at radius 1 is 1.00 bits per heavy atom. The van der Waals surface area contributed by atoms with E-state index in [4.69, 9.17) is 16.9 Å². The van der Waals surface area contributed by atoms with Gasteiger partial charge in [-0.15, -0.1) is 0 Å². The lowest BCUT2D eigenvalue weighted by Gasteiger charge is -2.24. The van der Waals surface area contributed by atoms with E-state index in [9.17, 15) is 14.0 Å². The van der Waals surface area contributed by atoms with Crippen LogP contribution in [0, 0.1) is 29.0 Å². The van der Waals surface area contributed by atoms with Crippen molar-refractivity contribution in [3.05, 3.63) is 99.8 Å². The Morgan fingerprint density at radius 2 is 1.71 bits per heavy atom. The minimum Gasteiger partial charge on any atom is -0.371 e. The Balaban J connectivity index is 1.11.